The minimum atomic E-state index is -0.490. The van der Waals surface area contributed by atoms with Gasteiger partial charge in [-0.1, -0.05) is 64.8 Å². The number of hydrogen-bond acceptors (Lipinski definition) is 6. The maximum atomic E-state index is 12.6. The zero-order chi connectivity index (χ0) is 36.7. The van der Waals surface area contributed by atoms with E-state index in [2.05, 4.69) is 64.7 Å². The number of allylic oxidation sites excluding steroid dienone is 10. The molecule has 1 saturated heterocycles. The molecule has 1 amide bonds. The normalized spacial score (nSPS) is 18.7. The Labute approximate surface area is 294 Å². The number of aliphatic imine (C=N–C) groups is 1. The third-order valence-electron chi connectivity index (χ3n) is 7.74. The minimum absolute atomic E-state index is 0.0497. The summed E-state index contributed by atoms with van der Waals surface area (Å²) in [5.74, 6) is 0.903. The molecule has 1 saturated carbocycles. The fraction of sp³-hybridized carbons (Fsp3) is 0.634. The molecular weight excluding hydrogens is 596 g/mol. The van der Waals surface area contributed by atoms with Crippen LogP contribution >= 0.6 is 0 Å². The molecule has 0 aromatic rings. The standard InChI is InChI=1S/C26H43N3O3.C13H19N.C2H6/c1-9-11-15-27-20(4)24(23(10-2)31-22-13-12-14-22)21(5)28-16-17-29(19(3)18-28)25(30)32-26(6,7)8;1-4-6-7-9-13(11-14)10-12(3)8-5-2;1-2/h10-11,15,19,22H,9,12-14,16-18H2,1-8H3;6-7,9-10H,4-5,8H2,1-3H3;1-2H3/b15-11+,23-10+,24-21-,27-20+;7-6+,12-10+,13-9+;. The van der Waals surface area contributed by atoms with E-state index < -0.39 is 5.60 Å². The highest BCUT2D eigenvalue weighted by Gasteiger charge is 2.32. The Morgan fingerprint density at radius 3 is 2.17 bits per heavy atom. The molecule has 0 aromatic carbocycles. The van der Waals surface area contributed by atoms with Crippen molar-refractivity contribution in [3.8, 4) is 6.07 Å². The Bertz CT molecular complexity index is 1220. The van der Waals surface area contributed by atoms with Gasteiger partial charge in [-0.05, 0) is 112 Å². The second-order valence-corrected chi connectivity index (χ2v) is 13.1. The van der Waals surface area contributed by atoms with Gasteiger partial charge in [0.2, 0.25) is 0 Å². The number of amides is 1. The Morgan fingerprint density at radius 1 is 1.04 bits per heavy atom. The summed E-state index contributed by atoms with van der Waals surface area (Å²) < 4.78 is 12.0. The van der Waals surface area contributed by atoms with Crippen LogP contribution in [0, 0.1) is 11.3 Å². The summed E-state index contributed by atoms with van der Waals surface area (Å²) in [4.78, 5) is 21.5. The first-order valence-electron chi connectivity index (χ1n) is 18.2. The fourth-order valence-electron chi connectivity index (χ4n) is 5.06. The first-order chi connectivity index (χ1) is 22.8. The molecular formula is C41H68N4O3. The lowest BCUT2D eigenvalue weighted by atomic mass is 9.95. The second-order valence-electron chi connectivity index (χ2n) is 13.1. The molecule has 7 heteroatoms. The van der Waals surface area contributed by atoms with Gasteiger partial charge in [0.15, 0.2) is 0 Å². The predicted octanol–water partition coefficient (Wildman–Crippen LogP) is 11.2. The topological polar surface area (TPSA) is 78.2 Å². The maximum absolute atomic E-state index is 12.6. The van der Waals surface area contributed by atoms with Crippen molar-refractivity contribution in [2.45, 2.75) is 153 Å². The highest BCUT2D eigenvalue weighted by molar-refractivity contribution is 6.02. The summed E-state index contributed by atoms with van der Waals surface area (Å²) in [5, 5.41) is 8.85. The Balaban J connectivity index is 0.00000116. The van der Waals surface area contributed by atoms with E-state index >= 15 is 0 Å². The van der Waals surface area contributed by atoms with Gasteiger partial charge < -0.3 is 19.3 Å². The average molecular weight is 665 g/mol. The summed E-state index contributed by atoms with van der Waals surface area (Å²) in [5.41, 5.74) is 4.65. The maximum Gasteiger partial charge on any atom is 0.410 e. The molecule has 48 heavy (non-hydrogen) atoms. The molecule has 0 N–H and O–H groups in total. The quantitative estimate of drug-likeness (QED) is 0.0898. The molecule has 2 aliphatic rings. The third kappa shape index (κ3) is 17.0. The van der Waals surface area contributed by atoms with Crippen molar-refractivity contribution in [3.05, 3.63) is 70.8 Å². The second kappa shape index (κ2) is 24.6. The number of rotatable bonds is 12. The zero-order valence-electron chi connectivity index (χ0n) is 32.8. The van der Waals surface area contributed by atoms with E-state index in [9.17, 15) is 4.79 Å². The van der Waals surface area contributed by atoms with Crippen LogP contribution in [0.2, 0.25) is 0 Å². The van der Waals surface area contributed by atoms with E-state index in [1.165, 1.54) is 12.0 Å². The van der Waals surface area contributed by atoms with Gasteiger partial charge >= 0.3 is 6.09 Å². The molecule has 1 unspecified atom stereocenters. The van der Waals surface area contributed by atoms with Crippen LogP contribution in [-0.4, -0.2) is 59.0 Å². The Morgan fingerprint density at radius 2 is 1.69 bits per heavy atom. The SMILES string of the molecule is CC.CC/C=C/C=C(C#N)\C=C(/C)CCC.C\C=C(OC1CCC1)/C(=C(/C)N1CCN(C(=O)OC(C)(C)C)C(C)C1)C(/C)=N/C=C/CC. The van der Waals surface area contributed by atoms with Crippen molar-refractivity contribution < 1.29 is 14.3 Å². The van der Waals surface area contributed by atoms with Gasteiger partial charge in [-0.15, -0.1) is 0 Å². The first kappa shape index (κ1) is 44.5. The minimum Gasteiger partial charge on any atom is -0.490 e. The highest BCUT2D eigenvalue weighted by Crippen LogP contribution is 2.30. The largest absolute Gasteiger partial charge is 0.490 e. The van der Waals surface area contributed by atoms with Crippen molar-refractivity contribution in [1.29, 1.82) is 5.26 Å². The lowest BCUT2D eigenvalue weighted by Gasteiger charge is -2.42. The molecule has 1 aliphatic carbocycles. The van der Waals surface area contributed by atoms with Crippen molar-refractivity contribution in [2.75, 3.05) is 19.6 Å². The molecule has 1 atom stereocenters. The molecule has 1 aliphatic heterocycles. The van der Waals surface area contributed by atoms with Crippen LogP contribution in [0.25, 0.3) is 0 Å². The monoisotopic (exact) mass is 665 g/mol. The van der Waals surface area contributed by atoms with Gasteiger partial charge in [0, 0.05) is 43.3 Å². The van der Waals surface area contributed by atoms with E-state index in [0.717, 1.165) is 79.9 Å². The smallest absolute Gasteiger partial charge is 0.410 e. The van der Waals surface area contributed by atoms with Crippen LogP contribution in [0.4, 0.5) is 4.79 Å². The molecule has 0 spiro atoms. The Hall–Kier alpha value is -3.53. The number of carbonyl (C=O) groups excluding carboxylic acids is 1. The van der Waals surface area contributed by atoms with Gasteiger partial charge in [-0.25, -0.2) is 4.79 Å². The molecule has 0 aromatic heterocycles. The van der Waals surface area contributed by atoms with Crippen LogP contribution in [-0.2, 0) is 9.47 Å². The average Bonchev–Trinajstić information content (AvgIpc) is 3.02. The molecule has 1 heterocycles. The van der Waals surface area contributed by atoms with Gasteiger partial charge in [-0.3, -0.25) is 4.99 Å². The van der Waals surface area contributed by atoms with Crippen LogP contribution in [0.15, 0.2) is 75.8 Å². The number of nitrogens with zero attached hydrogens (tertiary/aromatic N) is 4. The van der Waals surface area contributed by atoms with Crippen LogP contribution < -0.4 is 0 Å². The number of piperazine rings is 1. The van der Waals surface area contributed by atoms with Crippen molar-refractivity contribution >= 4 is 11.8 Å². The Kier molecular flexibility index (Phi) is 22.8. The number of ether oxygens (including phenoxy) is 2. The number of carbonyl (C=O) groups is 1. The van der Waals surface area contributed by atoms with Gasteiger partial charge in [-0.2, -0.15) is 5.26 Å². The van der Waals surface area contributed by atoms with E-state index in [0.29, 0.717) is 12.6 Å². The van der Waals surface area contributed by atoms with E-state index in [1.807, 2.05) is 83.9 Å². The predicted molar refractivity (Wildman–Crippen MR) is 205 cm³/mol. The molecule has 0 radical (unpaired) electrons. The van der Waals surface area contributed by atoms with Crippen molar-refractivity contribution in [3.63, 3.8) is 0 Å². The van der Waals surface area contributed by atoms with Crippen LogP contribution in [0.5, 0.6) is 0 Å². The van der Waals surface area contributed by atoms with Crippen LogP contribution in [0.1, 0.15) is 135 Å². The van der Waals surface area contributed by atoms with E-state index in [4.69, 9.17) is 19.7 Å². The lowest BCUT2D eigenvalue weighted by Crippen LogP contribution is -2.54. The molecule has 2 rings (SSSR count). The van der Waals surface area contributed by atoms with Crippen LogP contribution in [0.3, 0.4) is 0 Å². The molecule has 270 valence electrons. The highest BCUT2D eigenvalue weighted by atomic mass is 16.6. The summed E-state index contributed by atoms with van der Waals surface area (Å²) >= 11 is 0. The summed E-state index contributed by atoms with van der Waals surface area (Å²) in [6, 6.07) is 2.23. The summed E-state index contributed by atoms with van der Waals surface area (Å²) in [6.45, 7) is 28.5. The lowest BCUT2D eigenvalue weighted by molar-refractivity contribution is 0.00474. The number of hydrogen-bond donors (Lipinski definition) is 0. The summed E-state index contributed by atoms with van der Waals surface area (Å²) in [7, 11) is 0. The van der Waals surface area contributed by atoms with Gasteiger partial charge in [0.05, 0.1) is 23.3 Å². The first-order valence-corrected chi connectivity index (χ1v) is 18.2. The van der Waals surface area contributed by atoms with Gasteiger partial charge in [0.1, 0.15) is 11.4 Å². The fourth-order valence-corrected chi connectivity index (χ4v) is 5.06. The zero-order valence-corrected chi connectivity index (χ0v) is 32.8. The number of nitriles is 1. The summed E-state index contributed by atoms with van der Waals surface area (Å²) in [6.07, 6.45) is 21.5. The van der Waals surface area contributed by atoms with E-state index in [1.54, 1.807) is 0 Å². The van der Waals surface area contributed by atoms with Gasteiger partial charge in [0.25, 0.3) is 0 Å². The molecule has 2 fully saturated rings. The van der Waals surface area contributed by atoms with Crippen molar-refractivity contribution in [2.24, 2.45) is 4.99 Å². The molecule has 0 bridgehead atoms. The molecule has 7 nitrogen and oxygen atoms in total. The van der Waals surface area contributed by atoms with Crippen molar-refractivity contribution in [1.82, 2.24) is 9.80 Å². The third-order valence-corrected chi connectivity index (χ3v) is 7.74. The van der Waals surface area contributed by atoms with E-state index in [-0.39, 0.29) is 12.1 Å².